The first-order valence-electron chi connectivity index (χ1n) is 8.54. The first kappa shape index (κ1) is 17.8. The molecule has 132 valence electrons. The van der Waals surface area contributed by atoms with Gasteiger partial charge in [-0.1, -0.05) is 31.9 Å². The van der Waals surface area contributed by atoms with Crippen LogP contribution in [0.25, 0.3) is 0 Å². The molecule has 0 heterocycles. The Bertz CT molecular complexity index is 958. The second kappa shape index (κ2) is 6.68. The third kappa shape index (κ3) is 3.48. The van der Waals surface area contributed by atoms with E-state index in [0.29, 0.717) is 11.1 Å². The number of rotatable bonds is 2. The van der Waals surface area contributed by atoms with Crippen molar-refractivity contribution in [1.82, 2.24) is 0 Å². The SMILES string of the molecule is CC1(C)CCCc2ccc(C(=O)C#Cc3ccc(C(=O)O)c(O)c3)cc21. The van der Waals surface area contributed by atoms with Gasteiger partial charge in [0.15, 0.2) is 0 Å². The number of carbonyl (C=O) groups excluding carboxylic acids is 1. The van der Waals surface area contributed by atoms with Crippen LogP contribution >= 0.6 is 0 Å². The highest BCUT2D eigenvalue weighted by molar-refractivity contribution is 6.09. The minimum atomic E-state index is -1.21. The molecule has 0 saturated heterocycles. The lowest BCUT2D eigenvalue weighted by molar-refractivity contribution is 0.0693. The minimum Gasteiger partial charge on any atom is -0.507 e. The van der Waals surface area contributed by atoms with Crippen molar-refractivity contribution in [3.8, 4) is 17.6 Å². The molecule has 0 saturated carbocycles. The van der Waals surface area contributed by atoms with E-state index in [1.165, 1.54) is 29.3 Å². The van der Waals surface area contributed by atoms with Gasteiger partial charge in [-0.3, -0.25) is 4.79 Å². The average molecular weight is 348 g/mol. The van der Waals surface area contributed by atoms with E-state index < -0.39 is 5.97 Å². The van der Waals surface area contributed by atoms with Gasteiger partial charge in [0, 0.05) is 11.1 Å². The second-order valence-corrected chi connectivity index (χ2v) is 7.23. The molecule has 0 fully saturated rings. The van der Waals surface area contributed by atoms with Gasteiger partial charge in [-0.25, -0.2) is 4.79 Å². The number of fused-ring (bicyclic) bond motifs is 1. The Morgan fingerprint density at radius 2 is 1.88 bits per heavy atom. The van der Waals surface area contributed by atoms with Crippen LogP contribution in [0, 0.1) is 11.8 Å². The van der Waals surface area contributed by atoms with E-state index in [1.807, 2.05) is 18.2 Å². The van der Waals surface area contributed by atoms with Crippen LogP contribution in [0.4, 0.5) is 0 Å². The summed E-state index contributed by atoms with van der Waals surface area (Å²) in [5.41, 5.74) is 3.30. The van der Waals surface area contributed by atoms with Crippen LogP contribution < -0.4 is 0 Å². The van der Waals surface area contributed by atoms with Crippen LogP contribution in [0.1, 0.15) is 64.1 Å². The highest BCUT2D eigenvalue weighted by Gasteiger charge is 2.27. The molecule has 0 atom stereocenters. The fourth-order valence-electron chi connectivity index (χ4n) is 3.41. The number of carboxylic acid groups (broad SMARTS) is 1. The van der Waals surface area contributed by atoms with E-state index in [4.69, 9.17) is 5.11 Å². The lowest BCUT2D eigenvalue weighted by atomic mass is 9.72. The fourth-order valence-corrected chi connectivity index (χ4v) is 3.41. The number of aromatic hydroxyl groups is 1. The molecule has 1 aliphatic rings. The van der Waals surface area contributed by atoms with Crippen molar-refractivity contribution < 1.29 is 19.8 Å². The Morgan fingerprint density at radius 3 is 2.58 bits per heavy atom. The molecular weight excluding hydrogens is 328 g/mol. The Labute approximate surface area is 152 Å². The van der Waals surface area contributed by atoms with Gasteiger partial charge in [0.1, 0.15) is 11.3 Å². The van der Waals surface area contributed by atoms with E-state index in [1.54, 1.807) is 0 Å². The van der Waals surface area contributed by atoms with Crippen molar-refractivity contribution in [3.63, 3.8) is 0 Å². The van der Waals surface area contributed by atoms with Crippen molar-refractivity contribution in [2.24, 2.45) is 0 Å². The van der Waals surface area contributed by atoms with Gasteiger partial charge < -0.3 is 10.2 Å². The van der Waals surface area contributed by atoms with Crippen molar-refractivity contribution in [1.29, 1.82) is 0 Å². The summed E-state index contributed by atoms with van der Waals surface area (Å²) in [5, 5.41) is 18.6. The molecular formula is C22H20O4. The molecule has 2 aromatic carbocycles. The van der Waals surface area contributed by atoms with Crippen molar-refractivity contribution in [3.05, 3.63) is 64.2 Å². The zero-order valence-corrected chi connectivity index (χ0v) is 14.8. The molecule has 2 N–H and O–H groups in total. The number of aromatic carboxylic acids is 1. The maximum atomic E-state index is 12.4. The molecule has 2 aromatic rings. The summed E-state index contributed by atoms with van der Waals surface area (Å²) in [4.78, 5) is 23.3. The monoisotopic (exact) mass is 348 g/mol. The van der Waals surface area contributed by atoms with E-state index in [2.05, 4.69) is 25.7 Å². The van der Waals surface area contributed by atoms with Gasteiger partial charge in [0.25, 0.3) is 0 Å². The largest absolute Gasteiger partial charge is 0.507 e. The zero-order chi connectivity index (χ0) is 18.9. The maximum Gasteiger partial charge on any atom is 0.339 e. The van der Waals surface area contributed by atoms with E-state index >= 15 is 0 Å². The van der Waals surface area contributed by atoms with Crippen molar-refractivity contribution in [2.75, 3.05) is 0 Å². The highest BCUT2D eigenvalue weighted by Crippen LogP contribution is 2.37. The number of carboxylic acids is 1. The van der Waals surface area contributed by atoms with Gasteiger partial charge in [-0.05, 0) is 66.0 Å². The third-order valence-electron chi connectivity index (χ3n) is 4.90. The Kier molecular flexibility index (Phi) is 4.56. The van der Waals surface area contributed by atoms with Crippen molar-refractivity contribution >= 4 is 11.8 Å². The molecule has 4 nitrogen and oxygen atoms in total. The number of carbonyl (C=O) groups is 2. The second-order valence-electron chi connectivity index (χ2n) is 7.23. The zero-order valence-electron chi connectivity index (χ0n) is 14.8. The lowest BCUT2D eigenvalue weighted by Gasteiger charge is -2.32. The number of phenols is 1. The predicted molar refractivity (Wildman–Crippen MR) is 98.7 cm³/mol. The Balaban J connectivity index is 1.87. The number of hydrogen-bond acceptors (Lipinski definition) is 3. The minimum absolute atomic E-state index is 0.0513. The summed E-state index contributed by atoms with van der Waals surface area (Å²) >= 11 is 0. The van der Waals surface area contributed by atoms with Crippen LogP contribution in [-0.4, -0.2) is 22.0 Å². The summed E-state index contributed by atoms with van der Waals surface area (Å²) in [5.74, 6) is 3.40. The summed E-state index contributed by atoms with van der Waals surface area (Å²) in [7, 11) is 0. The topological polar surface area (TPSA) is 74.6 Å². The van der Waals surface area contributed by atoms with Crippen LogP contribution in [-0.2, 0) is 11.8 Å². The van der Waals surface area contributed by atoms with E-state index in [-0.39, 0.29) is 22.5 Å². The molecule has 0 unspecified atom stereocenters. The van der Waals surface area contributed by atoms with Crippen LogP contribution in [0.2, 0.25) is 0 Å². The Morgan fingerprint density at radius 1 is 1.12 bits per heavy atom. The third-order valence-corrected chi connectivity index (χ3v) is 4.90. The molecule has 0 amide bonds. The van der Waals surface area contributed by atoms with Gasteiger partial charge in [-0.2, -0.15) is 0 Å². The number of benzene rings is 2. The molecule has 0 radical (unpaired) electrons. The molecule has 0 aromatic heterocycles. The van der Waals surface area contributed by atoms with Crippen LogP contribution in [0.3, 0.4) is 0 Å². The van der Waals surface area contributed by atoms with Crippen LogP contribution in [0.15, 0.2) is 36.4 Å². The summed E-state index contributed by atoms with van der Waals surface area (Å²) in [6.45, 7) is 4.38. The number of hydrogen-bond donors (Lipinski definition) is 2. The molecule has 4 heteroatoms. The first-order chi connectivity index (χ1) is 12.3. The summed E-state index contributed by atoms with van der Waals surface area (Å²) < 4.78 is 0. The molecule has 0 spiro atoms. The highest BCUT2D eigenvalue weighted by atomic mass is 16.4. The first-order valence-corrected chi connectivity index (χ1v) is 8.54. The summed E-state index contributed by atoms with van der Waals surface area (Å²) in [6.07, 6.45) is 3.29. The quantitative estimate of drug-likeness (QED) is 0.637. The van der Waals surface area contributed by atoms with Crippen LogP contribution in [0.5, 0.6) is 5.75 Å². The normalized spacial score (nSPS) is 14.7. The smallest absolute Gasteiger partial charge is 0.339 e. The van der Waals surface area contributed by atoms with Gasteiger partial charge in [0.2, 0.25) is 5.78 Å². The van der Waals surface area contributed by atoms with Crippen molar-refractivity contribution in [2.45, 2.75) is 38.5 Å². The maximum absolute atomic E-state index is 12.4. The number of aryl methyl sites for hydroxylation is 1. The predicted octanol–water partition coefficient (Wildman–Crippen LogP) is 3.94. The molecule has 3 rings (SSSR count). The molecule has 26 heavy (non-hydrogen) atoms. The summed E-state index contributed by atoms with van der Waals surface area (Å²) in [6, 6.07) is 9.75. The number of Topliss-reactive ketones (excluding diaryl/α,β-unsaturated/α-hetero) is 1. The number of ketones is 1. The standard InChI is InChI=1S/C22H20O4/c1-22(2)11-3-4-15-7-8-16(13-18(15)22)19(23)10-6-14-5-9-17(21(25)26)20(24)12-14/h5,7-9,12-13,24H,3-4,11H2,1-2H3,(H,25,26). The molecule has 0 aliphatic heterocycles. The Hall–Kier alpha value is -3.06. The van der Waals surface area contributed by atoms with E-state index in [9.17, 15) is 14.7 Å². The lowest BCUT2D eigenvalue weighted by Crippen LogP contribution is -2.24. The van der Waals surface area contributed by atoms with Gasteiger partial charge >= 0.3 is 5.97 Å². The van der Waals surface area contributed by atoms with Gasteiger partial charge in [-0.15, -0.1) is 0 Å². The molecule has 1 aliphatic carbocycles. The fraction of sp³-hybridized carbons (Fsp3) is 0.273. The average Bonchev–Trinajstić information content (AvgIpc) is 2.59. The van der Waals surface area contributed by atoms with Gasteiger partial charge in [0.05, 0.1) is 0 Å². The molecule has 0 bridgehead atoms. The van der Waals surface area contributed by atoms with E-state index in [0.717, 1.165) is 19.3 Å².